The first-order chi connectivity index (χ1) is 8.85. The Labute approximate surface area is 112 Å². The van der Waals surface area contributed by atoms with Crippen LogP contribution in [0.3, 0.4) is 0 Å². The molecule has 0 radical (unpaired) electrons. The summed E-state index contributed by atoms with van der Waals surface area (Å²) in [6.45, 7) is 0. The molecule has 0 saturated heterocycles. The molecule has 4 heteroatoms. The summed E-state index contributed by atoms with van der Waals surface area (Å²) in [5.41, 5.74) is 2.97. The van der Waals surface area contributed by atoms with E-state index in [0.717, 1.165) is 29.9 Å². The van der Waals surface area contributed by atoms with E-state index in [-0.39, 0.29) is 0 Å². The van der Waals surface area contributed by atoms with Crippen molar-refractivity contribution < 1.29 is 0 Å². The number of nitrogens with zero attached hydrogens (tertiary/aromatic N) is 3. The predicted octanol–water partition coefficient (Wildman–Crippen LogP) is 3.23. The van der Waals surface area contributed by atoms with Crippen LogP contribution in [-0.4, -0.2) is 10.7 Å². The number of thioether (sulfide) groups is 1. The molecule has 1 aromatic heterocycles. The van der Waals surface area contributed by atoms with Gasteiger partial charge in [0, 0.05) is 0 Å². The zero-order valence-electron chi connectivity index (χ0n) is 10.3. The topological polar surface area (TPSA) is 60.5 Å². The van der Waals surface area contributed by atoms with Gasteiger partial charge in [0.1, 0.15) is 11.8 Å². The molecule has 92 valence electrons. The quantitative estimate of drug-likeness (QED) is 0.763. The molecule has 0 unspecified atom stereocenters. The highest BCUT2D eigenvalue weighted by Gasteiger charge is 2.14. The van der Waals surface area contributed by atoms with Crippen LogP contribution in [0.2, 0.25) is 0 Å². The third-order valence-corrected chi connectivity index (χ3v) is 3.98. The summed E-state index contributed by atoms with van der Waals surface area (Å²) in [6.07, 6.45) is 6.85. The van der Waals surface area contributed by atoms with Gasteiger partial charge in [-0.05, 0) is 42.9 Å². The number of fused-ring (bicyclic) bond motifs is 1. The van der Waals surface area contributed by atoms with Crippen molar-refractivity contribution in [3.05, 3.63) is 22.9 Å². The molecule has 2 rings (SSSR count). The van der Waals surface area contributed by atoms with Gasteiger partial charge < -0.3 is 0 Å². The van der Waals surface area contributed by atoms with Crippen molar-refractivity contribution in [3.8, 4) is 12.1 Å². The molecule has 0 spiro atoms. The average Bonchev–Trinajstić information content (AvgIpc) is 2.36. The highest BCUT2D eigenvalue weighted by atomic mass is 32.2. The van der Waals surface area contributed by atoms with Crippen LogP contribution >= 0.6 is 11.8 Å². The molecule has 18 heavy (non-hydrogen) atoms. The minimum absolute atomic E-state index is 0.386. The Kier molecular flexibility index (Phi) is 4.61. The Morgan fingerprint density at radius 3 is 2.67 bits per heavy atom. The Morgan fingerprint density at radius 1 is 1.17 bits per heavy atom. The fraction of sp³-hybridized carbons (Fsp3) is 0.500. The van der Waals surface area contributed by atoms with E-state index in [4.69, 9.17) is 5.26 Å². The van der Waals surface area contributed by atoms with E-state index in [1.807, 2.05) is 0 Å². The molecule has 0 aromatic carbocycles. The lowest BCUT2D eigenvalue weighted by molar-refractivity contribution is 0.613. The molecule has 0 bridgehead atoms. The van der Waals surface area contributed by atoms with Gasteiger partial charge >= 0.3 is 0 Å². The van der Waals surface area contributed by atoms with E-state index in [2.05, 4.69) is 23.2 Å². The van der Waals surface area contributed by atoms with Crippen LogP contribution in [0.5, 0.6) is 0 Å². The van der Waals surface area contributed by atoms with E-state index in [0.29, 0.717) is 11.4 Å². The van der Waals surface area contributed by atoms with Gasteiger partial charge in [-0.25, -0.2) is 4.98 Å². The van der Waals surface area contributed by atoms with Gasteiger partial charge in [0.2, 0.25) is 0 Å². The van der Waals surface area contributed by atoms with E-state index < -0.39 is 0 Å². The zero-order valence-corrected chi connectivity index (χ0v) is 11.1. The van der Waals surface area contributed by atoms with Crippen LogP contribution in [-0.2, 0) is 12.8 Å². The first-order valence-corrected chi connectivity index (χ1v) is 7.26. The van der Waals surface area contributed by atoms with Gasteiger partial charge in [0.25, 0.3) is 0 Å². The minimum Gasteiger partial charge on any atom is -0.230 e. The summed E-state index contributed by atoms with van der Waals surface area (Å²) in [5.74, 6) is 0.386. The zero-order chi connectivity index (χ0) is 12.8. The van der Waals surface area contributed by atoms with Gasteiger partial charge in [-0.1, -0.05) is 24.6 Å². The van der Waals surface area contributed by atoms with E-state index in [9.17, 15) is 5.26 Å². The van der Waals surface area contributed by atoms with E-state index in [1.165, 1.54) is 36.6 Å². The van der Waals surface area contributed by atoms with Gasteiger partial charge in [0.15, 0.2) is 0 Å². The third kappa shape index (κ3) is 3.03. The molecular weight excluding hydrogens is 242 g/mol. The SMILES string of the molecule is N#CCSc1cc2c(c(C#N)n1)CCCCCC2. The molecule has 0 saturated carbocycles. The smallest absolute Gasteiger partial charge is 0.145 e. The molecule has 1 aliphatic rings. The second-order valence-corrected chi connectivity index (χ2v) is 5.42. The fourth-order valence-corrected chi connectivity index (χ4v) is 2.94. The molecule has 0 aliphatic heterocycles. The summed E-state index contributed by atoms with van der Waals surface area (Å²) in [5, 5.41) is 18.6. The number of hydrogen-bond acceptors (Lipinski definition) is 4. The lowest BCUT2D eigenvalue weighted by Gasteiger charge is -2.15. The summed E-state index contributed by atoms with van der Waals surface area (Å²) in [7, 11) is 0. The van der Waals surface area contributed by atoms with Gasteiger partial charge in [-0.3, -0.25) is 0 Å². The monoisotopic (exact) mass is 257 g/mol. The Balaban J connectivity index is 2.36. The Hall–Kier alpha value is -1.52. The first-order valence-electron chi connectivity index (χ1n) is 6.28. The number of nitriles is 2. The lowest BCUT2D eigenvalue weighted by atomic mass is 9.93. The highest BCUT2D eigenvalue weighted by Crippen LogP contribution is 2.26. The number of aryl methyl sites for hydroxylation is 1. The van der Waals surface area contributed by atoms with Crippen LogP contribution in [0.1, 0.15) is 42.5 Å². The third-order valence-electron chi connectivity index (χ3n) is 3.21. The van der Waals surface area contributed by atoms with Crippen molar-refractivity contribution in [1.29, 1.82) is 10.5 Å². The van der Waals surface area contributed by atoms with Crippen LogP contribution < -0.4 is 0 Å². The van der Waals surface area contributed by atoms with Crippen molar-refractivity contribution in [1.82, 2.24) is 4.98 Å². The van der Waals surface area contributed by atoms with Crippen LogP contribution in [0.25, 0.3) is 0 Å². The lowest BCUT2D eigenvalue weighted by Crippen LogP contribution is -2.05. The highest BCUT2D eigenvalue weighted by molar-refractivity contribution is 7.99. The molecule has 3 nitrogen and oxygen atoms in total. The van der Waals surface area contributed by atoms with Crippen molar-refractivity contribution in [2.45, 2.75) is 43.6 Å². The largest absolute Gasteiger partial charge is 0.230 e. The molecular formula is C14H15N3S. The first kappa shape index (κ1) is 12.9. The summed E-state index contributed by atoms with van der Waals surface area (Å²) in [4.78, 5) is 4.37. The number of aromatic nitrogens is 1. The van der Waals surface area contributed by atoms with Crippen molar-refractivity contribution in [3.63, 3.8) is 0 Å². The average molecular weight is 257 g/mol. The van der Waals surface area contributed by atoms with Crippen LogP contribution in [0, 0.1) is 22.7 Å². The van der Waals surface area contributed by atoms with E-state index in [1.54, 1.807) is 0 Å². The Bertz CT molecular complexity index is 511. The maximum Gasteiger partial charge on any atom is 0.145 e. The maximum absolute atomic E-state index is 9.22. The standard InChI is InChI=1S/C14H15N3S/c15-7-8-18-14-9-11-5-3-1-2-4-6-12(11)13(10-16)17-14/h9H,1-6,8H2. The molecule has 0 N–H and O–H groups in total. The van der Waals surface area contributed by atoms with Crippen molar-refractivity contribution in [2.75, 3.05) is 5.75 Å². The summed E-state index contributed by atoms with van der Waals surface area (Å²) in [6, 6.07) is 6.38. The normalized spacial score (nSPS) is 14.8. The van der Waals surface area contributed by atoms with Crippen LogP contribution in [0.4, 0.5) is 0 Å². The second kappa shape index (κ2) is 6.42. The molecule has 1 heterocycles. The predicted molar refractivity (Wildman–Crippen MR) is 71.2 cm³/mol. The fourth-order valence-electron chi connectivity index (χ4n) is 2.34. The second-order valence-electron chi connectivity index (χ2n) is 4.42. The molecule has 0 atom stereocenters. The van der Waals surface area contributed by atoms with Crippen LogP contribution in [0.15, 0.2) is 11.1 Å². The summed E-state index contributed by atoms with van der Waals surface area (Å²) < 4.78 is 0. The molecule has 0 fully saturated rings. The maximum atomic E-state index is 9.22. The summed E-state index contributed by atoms with van der Waals surface area (Å²) >= 11 is 1.41. The van der Waals surface area contributed by atoms with Crippen molar-refractivity contribution in [2.24, 2.45) is 0 Å². The number of hydrogen-bond donors (Lipinski definition) is 0. The molecule has 0 amide bonds. The van der Waals surface area contributed by atoms with Gasteiger partial charge in [-0.2, -0.15) is 10.5 Å². The minimum atomic E-state index is 0.386. The van der Waals surface area contributed by atoms with Gasteiger partial charge in [-0.15, -0.1) is 0 Å². The number of pyridine rings is 1. The van der Waals surface area contributed by atoms with Gasteiger partial charge in [0.05, 0.1) is 16.8 Å². The Morgan fingerprint density at radius 2 is 1.94 bits per heavy atom. The molecule has 1 aromatic rings. The molecule has 1 aliphatic carbocycles. The number of rotatable bonds is 2. The van der Waals surface area contributed by atoms with Crippen molar-refractivity contribution >= 4 is 11.8 Å². The van der Waals surface area contributed by atoms with E-state index >= 15 is 0 Å².